The maximum absolute atomic E-state index is 13.5. The summed E-state index contributed by atoms with van der Waals surface area (Å²) < 4.78 is 14.7. The van der Waals surface area contributed by atoms with Gasteiger partial charge in [0, 0.05) is 0 Å². The number of hydrogen-bond donors (Lipinski definition) is 0. The fourth-order valence-electron chi connectivity index (χ4n) is 1.73. The second-order valence-electron chi connectivity index (χ2n) is 3.64. The molecule has 1 heterocycles. The van der Waals surface area contributed by atoms with E-state index in [0.29, 0.717) is 0 Å². The second-order valence-corrected chi connectivity index (χ2v) is 3.99. The van der Waals surface area contributed by atoms with Crippen LogP contribution in [0.3, 0.4) is 0 Å². The van der Waals surface area contributed by atoms with Gasteiger partial charge >= 0.3 is 0 Å². The largest absolute Gasteiger partial charge is 0.290 e. The fourth-order valence-corrected chi connectivity index (χ4v) is 1.87. The monoisotopic (exact) mass is 252 g/mol. The zero-order valence-electron chi connectivity index (χ0n) is 9.10. The maximum Gasteiger partial charge on any atom is 0.290 e. The van der Waals surface area contributed by atoms with Gasteiger partial charge in [0.15, 0.2) is 0 Å². The third-order valence-electron chi connectivity index (χ3n) is 2.62. The molecular formula is C12H10ClFN2O. The van der Waals surface area contributed by atoms with Crippen LogP contribution in [-0.4, -0.2) is 14.8 Å². The van der Waals surface area contributed by atoms with E-state index in [-0.39, 0.29) is 11.7 Å². The molecular weight excluding hydrogens is 243 g/mol. The quantitative estimate of drug-likeness (QED) is 0.787. The molecule has 3 nitrogen and oxygen atoms in total. The average Bonchev–Trinajstić information content (AvgIpc) is 2.71. The van der Waals surface area contributed by atoms with Crippen molar-refractivity contribution >= 4 is 16.8 Å². The van der Waals surface area contributed by atoms with Gasteiger partial charge in [0.05, 0.1) is 12.2 Å². The Morgan fingerprint density at radius 3 is 2.65 bits per heavy atom. The molecule has 0 N–H and O–H groups in total. The van der Waals surface area contributed by atoms with E-state index in [9.17, 15) is 9.18 Å². The molecule has 0 aliphatic carbocycles. The highest BCUT2D eigenvalue weighted by Crippen LogP contribution is 2.22. The van der Waals surface area contributed by atoms with Crippen LogP contribution >= 0.6 is 11.6 Å². The zero-order valence-corrected chi connectivity index (χ0v) is 9.86. The molecule has 17 heavy (non-hydrogen) atoms. The summed E-state index contributed by atoms with van der Waals surface area (Å²) in [6.45, 7) is 1.78. The van der Waals surface area contributed by atoms with Crippen molar-refractivity contribution < 1.29 is 9.18 Å². The SMILES string of the molecule is C[C@H](c1ccccc1)n1c(C(=O)Cl)cnc1F. The van der Waals surface area contributed by atoms with Crippen molar-refractivity contribution in [1.29, 1.82) is 0 Å². The molecule has 0 aliphatic heterocycles. The Balaban J connectivity index is 2.47. The summed E-state index contributed by atoms with van der Waals surface area (Å²) in [6, 6.07) is 8.94. The molecule has 0 radical (unpaired) electrons. The minimum Gasteiger partial charge on any atom is -0.289 e. The van der Waals surface area contributed by atoms with Gasteiger partial charge < -0.3 is 0 Å². The first kappa shape index (κ1) is 11.8. The van der Waals surface area contributed by atoms with Crippen molar-refractivity contribution in [1.82, 2.24) is 9.55 Å². The molecule has 0 spiro atoms. The number of carbonyl (C=O) groups is 1. The van der Waals surface area contributed by atoms with Gasteiger partial charge in [-0.2, -0.15) is 4.39 Å². The van der Waals surface area contributed by atoms with Gasteiger partial charge in [0.25, 0.3) is 11.3 Å². The van der Waals surface area contributed by atoms with Gasteiger partial charge in [0.1, 0.15) is 5.69 Å². The summed E-state index contributed by atoms with van der Waals surface area (Å²) >= 11 is 5.39. The first-order valence-corrected chi connectivity index (χ1v) is 5.46. The van der Waals surface area contributed by atoms with Crippen molar-refractivity contribution in [3.05, 3.63) is 53.9 Å². The predicted molar refractivity (Wildman–Crippen MR) is 62.6 cm³/mol. The lowest BCUT2D eigenvalue weighted by atomic mass is 10.1. The van der Waals surface area contributed by atoms with Gasteiger partial charge in [-0.15, -0.1) is 0 Å². The first-order chi connectivity index (χ1) is 8.11. The van der Waals surface area contributed by atoms with E-state index < -0.39 is 11.3 Å². The summed E-state index contributed by atoms with van der Waals surface area (Å²) in [5.41, 5.74) is 0.934. The van der Waals surface area contributed by atoms with E-state index in [4.69, 9.17) is 11.6 Å². The molecule has 0 unspecified atom stereocenters. The average molecular weight is 253 g/mol. The van der Waals surface area contributed by atoms with Crippen LogP contribution in [0.4, 0.5) is 4.39 Å². The standard InChI is InChI=1S/C12H10ClFN2O/c1-8(9-5-3-2-4-6-9)16-10(11(13)17)7-15-12(16)14/h2-8H,1H3/t8-/m1/s1. The van der Waals surface area contributed by atoms with Crippen LogP contribution in [0.2, 0.25) is 0 Å². The molecule has 0 amide bonds. The van der Waals surface area contributed by atoms with Gasteiger partial charge in [-0.3, -0.25) is 9.36 Å². The van der Waals surface area contributed by atoms with Gasteiger partial charge in [0.2, 0.25) is 0 Å². The lowest BCUT2D eigenvalue weighted by molar-refractivity contribution is 0.107. The second kappa shape index (κ2) is 4.67. The summed E-state index contributed by atoms with van der Waals surface area (Å²) in [5, 5.41) is -0.718. The highest BCUT2D eigenvalue weighted by Gasteiger charge is 2.20. The minimum atomic E-state index is -0.718. The number of hydrogen-bond acceptors (Lipinski definition) is 2. The summed E-state index contributed by atoms with van der Waals surface area (Å²) in [7, 11) is 0. The van der Waals surface area contributed by atoms with Gasteiger partial charge in [-0.1, -0.05) is 30.3 Å². The van der Waals surface area contributed by atoms with E-state index in [2.05, 4.69) is 4.98 Å². The molecule has 1 aromatic carbocycles. The van der Waals surface area contributed by atoms with E-state index >= 15 is 0 Å². The Kier molecular flexibility index (Phi) is 3.24. The number of carbonyl (C=O) groups excluding carboxylic acids is 1. The molecule has 0 bridgehead atoms. The number of aromatic nitrogens is 2. The molecule has 0 fully saturated rings. The lowest BCUT2D eigenvalue weighted by Gasteiger charge is -2.15. The van der Waals surface area contributed by atoms with Crippen molar-refractivity contribution in [3.8, 4) is 0 Å². The van der Waals surface area contributed by atoms with Crippen molar-refractivity contribution in [2.75, 3.05) is 0 Å². The van der Waals surface area contributed by atoms with Crippen LogP contribution < -0.4 is 0 Å². The summed E-state index contributed by atoms with van der Waals surface area (Å²) in [5.74, 6) is 0. The summed E-state index contributed by atoms with van der Waals surface area (Å²) in [4.78, 5) is 14.6. The predicted octanol–water partition coefficient (Wildman–Crippen LogP) is 3.01. The van der Waals surface area contributed by atoms with Crippen LogP contribution in [-0.2, 0) is 0 Å². The molecule has 2 aromatic rings. The molecule has 88 valence electrons. The molecule has 0 saturated heterocycles. The van der Waals surface area contributed by atoms with Gasteiger partial charge in [-0.05, 0) is 24.1 Å². The number of halogens is 2. The molecule has 1 aromatic heterocycles. The highest BCUT2D eigenvalue weighted by atomic mass is 35.5. The van der Waals surface area contributed by atoms with Crippen LogP contribution in [0.5, 0.6) is 0 Å². The lowest BCUT2D eigenvalue weighted by Crippen LogP contribution is -2.14. The van der Waals surface area contributed by atoms with Crippen LogP contribution in [0, 0.1) is 6.08 Å². The Labute approximate surface area is 103 Å². The van der Waals surface area contributed by atoms with Crippen molar-refractivity contribution in [2.24, 2.45) is 0 Å². The molecule has 1 atom stereocenters. The number of imidazole rings is 1. The topological polar surface area (TPSA) is 34.9 Å². The van der Waals surface area contributed by atoms with E-state index in [1.54, 1.807) is 6.92 Å². The normalized spacial score (nSPS) is 12.4. The third kappa shape index (κ3) is 2.22. The smallest absolute Gasteiger partial charge is 0.289 e. The Morgan fingerprint density at radius 1 is 1.41 bits per heavy atom. The van der Waals surface area contributed by atoms with E-state index in [1.165, 1.54) is 4.57 Å². The van der Waals surface area contributed by atoms with Crippen molar-refractivity contribution in [2.45, 2.75) is 13.0 Å². The number of rotatable bonds is 3. The number of benzene rings is 1. The van der Waals surface area contributed by atoms with Crippen molar-refractivity contribution in [3.63, 3.8) is 0 Å². The third-order valence-corrected chi connectivity index (χ3v) is 2.82. The zero-order chi connectivity index (χ0) is 12.4. The van der Waals surface area contributed by atoms with Gasteiger partial charge in [-0.25, -0.2) is 4.98 Å². The minimum absolute atomic E-state index is 0.0560. The first-order valence-electron chi connectivity index (χ1n) is 5.08. The fraction of sp³-hybridized carbons (Fsp3) is 0.167. The molecule has 0 saturated carbocycles. The Hall–Kier alpha value is -1.68. The Bertz CT molecular complexity index is 539. The van der Waals surface area contributed by atoms with Crippen LogP contribution in [0.15, 0.2) is 36.5 Å². The number of nitrogens with zero attached hydrogens (tertiary/aromatic N) is 2. The van der Waals surface area contributed by atoms with Crippen LogP contribution in [0.1, 0.15) is 29.0 Å². The highest BCUT2D eigenvalue weighted by molar-refractivity contribution is 6.67. The maximum atomic E-state index is 13.5. The van der Waals surface area contributed by atoms with E-state index in [0.717, 1.165) is 11.8 Å². The molecule has 2 rings (SSSR count). The Morgan fingerprint density at radius 2 is 2.06 bits per heavy atom. The molecule has 5 heteroatoms. The summed E-state index contributed by atoms with van der Waals surface area (Å²) in [6.07, 6.45) is 0.426. The van der Waals surface area contributed by atoms with Crippen LogP contribution in [0.25, 0.3) is 0 Å². The molecule has 0 aliphatic rings. The van der Waals surface area contributed by atoms with E-state index in [1.807, 2.05) is 30.3 Å².